The quantitative estimate of drug-likeness (QED) is 0.567. The fraction of sp³-hybridized carbons (Fsp3) is 0.200. The van der Waals surface area contributed by atoms with Crippen molar-refractivity contribution in [3.8, 4) is 11.5 Å². The van der Waals surface area contributed by atoms with Crippen LogP contribution in [0.4, 0.5) is 5.00 Å². The number of carbonyl (C=O) groups is 1. The number of para-hydroxylation sites is 1. The zero-order chi connectivity index (χ0) is 19.1. The molecule has 0 bridgehead atoms. The summed E-state index contributed by atoms with van der Waals surface area (Å²) in [5, 5.41) is 8.56. The average molecular weight is 392 g/mol. The Hall–Kier alpha value is -3.10. The second-order valence-corrected chi connectivity index (χ2v) is 7.61. The number of rotatable bonds is 3. The van der Waals surface area contributed by atoms with Crippen LogP contribution in [0.1, 0.15) is 26.8 Å². The summed E-state index contributed by atoms with van der Waals surface area (Å²) in [4.78, 5) is 22.8. The standard InChI is InChI=1S/C20H16N4O3S/c1-11-21-19(27-24-11)17-13-8-9-26-10-16(13)28-20(17)23-18(25)15-7-6-12-4-2-3-5-14(12)22-15/h2-7H,8-10H2,1H3,(H,23,25). The molecule has 3 aromatic heterocycles. The summed E-state index contributed by atoms with van der Waals surface area (Å²) in [6.45, 7) is 2.92. The molecule has 7 nitrogen and oxygen atoms in total. The van der Waals surface area contributed by atoms with Gasteiger partial charge in [0.2, 0.25) is 0 Å². The van der Waals surface area contributed by atoms with E-state index in [0.29, 0.717) is 35.6 Å². The lowest BCUT2D eigenvalue weighted by molar-refractivity contribution is 0.102. The molecule has 1 aliphatic rings. The van der Waals surface area contributed by atoms with Crippen LogP contribution in [-0.2, 0) is 17.8 Å². The molecule has 1 aromatic carbocycles. The van der Waals surface area contributed by atoms with Gasteiger partial charge in [0.1, 0.15) is 10.7 Å². The summed E-state index contributed by atoms with van der Waals surface area (Å²) in [6.07, 6.45) is 0.743. The topological polar surface area (TPSA) is 90.1 Å². The number of hydrogen-bond donors (Lipinski definition) is 1. The molecule has 140 valence electrons. The van der Waals surface area contributed by atoms with E-state index in [1.807, 2.05) is 30.3 Å². The smallest absolute Gasteiger partial charge is 0.274 e. The van der Waals surface area contributed by atoms with Crippen molar-refractivity contribution < 1.29 is 14.1 Å². The first kappa shape index (κ1) is 17.0. The van der Waals surface area contributed by atoms with Crippen molar-refractivity contribution >= 4 is 33.1 Å². The fourth-order valence-electron chi connectivity index (χ4n) is 3.30. The van der Waals surface area contributed by atoms with Crippen molar-refractivity contribution in [3.63, 3.8) is 0 Å². The summed E-state index contributed by atoms with van der Waals surface area (Å²) in [5.74, 6) is 0.692. The Bertz CT molecular complexity index is 1200. The normalized spacial score (nSPS) is 13.5. The van der Waals surface area contributed by atoms with Gasteiger partial charge < -0.3 is 14.6 Å². The van der Waals surface area contributed by atoms with Gasteiger partial charge in [-0.2, -0.15) is 4.98 Å². The molecule has 0 spiro atoms. The van der Waals surface area contributed by atoms with Gasteiger partial charge in [-0.15, -0.1) is 11.3 Å². The third-order valence-electron chi connectivity index (χ3n) is 4.62. The number of ether oxygens (including phenoxy) is 1. The largest absolute Gasteiger partial charge is 0.376 e. The molecule has 5 rings (SSSR count). The summed E-state index contributed by atoms with van der Waals surface area (Å²) in [5.41, 5.74) is 3.02. The molecule has 28 heavy (non-hydrogen) atoms. The highest BCUT2D eigenvalue weighted by Crippen LogP contribution is 2.42. The number of aromatic nitrogens is 3. The molecule has 0 aliphatic carbocycles. The maximum atomic E-state index is 12.9. The molecule has 0 atom stereocenters. The van der Waals surface area contributed by atoms with E-state index in [4.69, 9.17) is 9.26 Å². The summed E-state index contributed by atoms with van der Waals surface area (Å²) in [6, 6.07) is 11.3. The van der Waals surface area contributed by atoms with Crippen molar-refractivity contribution in [1.29, 1.82) is 0 Å². The van der Waals surface area contributed by atoms with Gasteiger partial charge in [-0.1, -0.05) is 29.4 Å². The highest BCUT2D eigenvalue weighted by atomic mass is 32.1. The molecule has 0 fully saturated rings. The first-order chi connectivity index (χ1) is 13.7. The molecular formula is C20H16N4O3S. The van der Waals surface area contributed by atoms with Gasteiger partial charge in [-0.05, 0) is 31.0 Å². The predicted octanol–water partition coefficient (Wildman–Crippen LogP) is 3.98. The van der Waals surface area contributed by atoms with Crippen LogP contribution in [0.15, 0.2) is 40.9 Å². The molecule has 1 amide bonds. The van der Waals surface area contributed by atoms with Gasteiger partial charge in [0, 0.05) is 10.3 Å². The minimum Gasteiger partial charge on any atom is -0.376 e. The van der Waals surface area contributed by atoms with Crippen LogP contribution in [0.25, 0.3) is 22.4 Å². The van der Waals surface area contributed by atoms with Gasteiger partial charge in [0.05, 0.1) is 24.3 Å². The number of benzene rings is 1. The highest BCUT2D eigenvalue weighted by molar-refractivity contribution is 7.17. The molecular weight excluding hydrogens is 376 g/mol. The number of carbonyl (C=O) groups excluding carboxylic acids is 1. The van der Waals surface area contributed by atoms with E-state index >= 15 is 0 Å². The van der Waals surface area contributed by atoms with E-state index in [9.17, 15) is 4.79 Å². The number of nitrogens with one attached hydrogen (secondary N) is 1. The first-order valence-electron chi connectivity index (χ1n) is 8.89. The molecule has 0 radical (unpaired) electrons. The Kier molecular flexibility index (Phi) is 4.14. The Morgan fingerprint density at radius 1 is 1.18 bits per heavy atom. The first-order valence-corrected chi connectivity index (χ1v) is 9.71. The molecule has 0 saturated heterocycles. The van der Waals surface area contributed by atoms with Gasteiger partial charge in [0.25, 0.3) is 11.8 Å². The second-order valence-electron chi connectivity index (χ2n) is 6.50. The average Bonchev–Trinajstić information content (AvgIpc) is 3.30. The molecule has 4 aromatic rings. The van der Waals surface area contributed by atoms with Gasteiger partial charge in [-0.3, -0.25) is 4.79 Å². The molecule has 8 heteroatoms. The van der Waals surface area contributed by atoms with Crippen molar-refractivity contribution in [3.05, 3.63) is 58.4 Å². The van der Waals surface area contributed by atoms with Crippen molar-refractivity contribution in [2.24, 2.45) is 0 Å². The molecule has 0 unspecified atom stereocenters. The third-order valence-corrected chi connectivity index (χ3v) is 5.74. The van der Waals surface area contributed by atoms with Crippen LogP contribution >= 0.6 is 11.3 Å². The number of aryl methyl sites for hydroxylation is 1. The number of anilines is 1. The maximum absolute atomic E-state index is 12.9. The van der Waals surface area contributed by atoms with E-state index in [1.54, 1.807) is 13.0 Å². The highest BCUT2D eigenvalue weighted by Gasteiger charge is 2.27. The van der Waals surface area contributed by atoms with Gasteiger partial charge >= 0.3 is 0 Å². The van der Waals surface area contributed by atoms with E-state index in [0.717, 1.165) is 33.3 Å². The van der Waals surface area contributed by atoms with E-state index in [1.165, 1.54) is 11.3 Å². The van der Waals surface area contributed by atoms with Crippen molar-refractivity contribution in [2.45, 2.75) is 20.0 Å². The lowest BCUT2D eigenvalue weighted by atomic mass is 10.1. The molecule has 1 aliphatic heterocycles. The number of fused-ring (bicyclic) bond motifs is 2. The number of thiophene rings is 1. The Morgan fingerprint density at radius 3 is 2.93 bits per heavy atom. The maximum Gasteiger partial charge on any atom is 0.274 e. The predicted molar refractivity (Wildman–Crippen MR) is 105 cm³/mol. The summed E-state index contributed by atoms with van der Waals surface area (Å²) >= 11 is 1.48. The third kappa shape index (κ3) is 2.96. The SMILES string of the molecule is Cc1noc(-c2c(NC(=O)c3ccc4ccccc4n3)sc3c2CCOC3)n1. The molecule has 1 N–H and O–H groups in total. The van der Waals surface area contributed by atoms with Crippen LogP contribution in [0.3, 0.4) is 0 Å². The monoisotopic (exact) mass is 392 g/mol. The lowest BCUT2D eigenvalue weighted by Gasteiger charge is -2.12. The number of nitrogens with zero attached hydrogens (tertiary/aromatic N) is 3. The minimum absolute atomic E-state index is 0.275. The second kappa shape index (κ2) is 6.81. The van der Waals surface area contributed by atoms with Crippen LogP contribution in [-0.4, -0.2) is 27.6 Å². The number of amides is 1. The Morgan fingerprint density at radius 2 is 2.07 bits per heavy atom. The summed E-state index contributed by atoms with van der Waals surface area (Å²) < 4.78 is 11.0. The van der Waals surface area contributed by atoms with E-state index in [2.05, 4.69) is 20.4 Å². The van der Waals surface area contributed by atoms with Crippen LogP contribution < -0.4 is 5.32 Å². The van der Waals surface area contributed by atoms with Crippen LogP contribution in [0.5, 0.6) is 0 Å². The van der Waals surface area contributed by atoms with Crippen LogP contribution in [0.2, 0.25) is 0 Å². The van der Waals surface area contributed by atoms with Gasteiger partial charge in [0.15, 0.2) is 5.82 Å². The number of pyridine rings is 1. The van der Waals surface area contributed by atoms with Crippen molar-refractivity contribution in [2.75, 3.05) is 11.9 Å². The Labute approximate surface area is 164 Å². The number of hydrogen-bond acceptors (Lipinski definition) is 7. The zero-order valence-electron chi connectivity index (χ0n) is 15.1. The van der Waals surface area contributed by atoms with E-state index < -0.39 is 0 Å². The van der Waals surface area contributed by atoms with Gasteiger partial charge in [-0.25, -0.2) is 4.98 Å². The Balaban J connectivity index is 1.53. The molecule has 4 heterocycles. The van der Waals surface area contributed by atoms with E-state index in [-0.39, 0.29) is 5.91 Å². The zero-order valence-corrected chi connectivity index (χ0v) is 15.9. The van der Waals surface area contributed by atoms with Crippen LogP contribution in [0, 0.1) is 6.92 Å². The van der Waals surface area contributed by atoms with Crippen molar-refractivity contribution in [1.82, 2.24) is 15.1 Å². The fourth-order valence-corrected chi connectivity index (χ4v) is 4.48. The summed E-state index contributed by atoms with van der Waals surface area (Å²) in [7, 11) is 0. The molecule has 0 saturated carbocycles. The lowest BCUT2D eigenvalue weighted by Crippen LogP contribution is -2.13. The minimum atomic E-state index is -0.275.